The summed E-state index contributed by atoms with van der Waals surface area (Å²) in [6, 6.07) is 21.2. The number of benzene rings is 2. The highest BCUT2D eigenvalue weighted by Gasteiger charge is 2.30. The highest BCUT2D eigenvalue weighted by atomic mass is 16.5. The number of ether oxygens (including phenoxy) is 1. The van der Waals surface area contributed by atoms with E-state index >= 15 is 0 Å². The maximum Gasteiger partial charge on any atom is 0.282 e. The molecule has 2 heterocycles. The smallest absolute Gasteiger partial charge is 0.282 e. The number of aromatic nitrogens is 1. The van der Waals surface area contributed by atoms with Crippen LogP contribution in [-0.2, 0) is 6.54 Å². The molecule has 3 aromatic rings. The molecule has 3 nitrogen and oxygen atoms in total. The van der Waals surface area contributed by atoms with Crippen molar-refractivity contribution in [2.45, 2.75) is 6.54 Å². The van der Waals surface area contributed by atoms with Crippen LogP contribution in [0.25, 0.3) is 10.9 Å². The molecule has 0 atom stereocenters. The van der Waals surface area contributed by atoms with Crippen molar-refractivity contribution in [3.63, 3.8) is 0 Å². The van der Waals surface area contributed by atoms with E-state index < -0.39 is 0 Å². The largest absolute Gasteiger partial charge is 0.497 e. The number of nitrogens with zero attached hydrogens (tertiary/aromatic N) is 2. The summed E-state index contributed by atoms with van der Waals surface area (Å²) in [5, 5.41) is 1.29. The van der Waals surface area contributed by atoms with E-state index in [1.165, 1.54) is 22.4 Å². The minimum atomic E-state index is 0.893. The molecule has 0 N–H and O–H groups in total. The average Bonchev–Trinajstić information content (AvgIpc) is 2.99. The Labute approximate surface area is 124 Å². The monoisotopic (exact) mass is 277 g/mol. The molecule has 0 spiro atoms. The van der Waals surface area contributed by atoms with Crippen LogP contribution in [0.4, 0.5) is 11.5 Å². The van der Waals surface area contributed by atoms with E-state index in [0.717, 1.165) is 18.8 Å². The summed E-state index contributed by atoms with van der Waals surface area (Å²) < 4.78 is 7.62. The normalized spacial score (nSPS) is 13.5. The van der Waals surface area contributed by atoms with Crippen molar-refractivity contribution in [1.82, 2.24) is 0 Å². The van der Waals surface area contributed by atoms with Crippen LogP contribution in [0.15, 0.2) is 60.7 Å². The lowest BCUT2D eigenvalue weighted by Crippen LogP contribution is -2.31. The highest BCUT2D eigenvalue weighted by molar-refractivity contribution is 5.77. The Morgan fingerprint density at radius 1 is 0.952 bits per heavy atom. The third-order valence-electron chi connectivity index (χ3n) is 4.12. The van der Waals surface area contributed by atoms with Gasteiger partial charge in [0.25, 0.3) is 5.82 Å². The molecule has 3 heteroatoms. The van der Waals surface area contributed by atoms with Gasteiger partial charge in [0.2, 0.25) is 0 Å². The molecule has 0 unspecified atom stereocenters. The third kappa shape index (κ3) is 1.93. The first-order chi connectivity index (χ1) is 10.4. The van der Waals surface area contributed by atoms with Crippen LogP contribution in [0, 0.1) is 0 Å². The van der Waals surface area contributed by atoms with Crippen molar-refractivity contribution in [3.05, 3.63) is 60.7 Å². The summed E-state index contributed by atoms with van der Waals surface area (Å²) in [6.07, 6.45) is 0. The molecule has 0 fully saturated rings. The van der Waals surface area contributed by atoms with Crippen molar-refractivity contribution in [3.8, 4) is 5.75 Å². The Balaban J connectivity index is 1.80. The maximum absolute atomic E-state index is 5.24. The molecule has 1 aromatic heterocycles. The fraction of sp³-hybridized carbons (Fsp3) is 0.167. The van der Waals surface area contributed by atoms with Crippen molar-refractivity contribution >= 4 is 22.4 Å². The number of methoxy groups -OCH3 is 1. The van der Waals surface area contributed by atoms with Crippen LogP contribution in [0.3, 0.4) is 0 Å². The van der Waals surface area contributed by atoms with Gasteiger partial charge in [-0.2, -0.15) is 0 Å². The van der Waals surface area contributed by atoms with Crippen LogP contribution in [0.1, 0.15) is 0 Å². The Hall–Kier alpha value is -2.55. The van der Waals surface area contributed by atoms with Gasteiger partial charge in [0.1, 0.15) is 30.0 Å². The van der Waals surface area contributed by atoms with Gasteiger partial charge in [0.05, 0.1) is 7.11 Å². The highest BCUT2D eigenvalue weighted by Crippen LogP contribution is 2.29. The molecule has 0 saturated heterocycles. The van der Waals surface area contributed by atoms with Crippen molar-refractivity contribution in [2.75, 3.05) is 18.6 Å². The van der Waals surface area contributed by atoms with Crippen molar-refractivity contribution < 1.29 is 9.30 Å². The van der Waals surface area contributed by atoms with Gasteiger partial charge in [-0.1, -0.05) is 18.2 Å². The van der Waals surface area contributed by atoms with Gasteiger partial charge in [-0.05, 0) is 36.4 Å². The van der Waals surface area contributed by atoms with Crippen molar-refractivity contribution in [2.24, 2.45) is 0 Å². The SMILES string of the molecule is COc1ccc(N2CC[n+]3c2ccc2ccccc23)cc1. The molecule has 0 saturated carbocycles. The fourth-order valence-electron chi connectivity index (χ4n) is 3.06. The third-order valence-corrected chi connectivity index (χ3v) is 4.12. The molecule has 1 aliphatic rings. The lowest BCUT2D eigenvalue weighted by molar-refractivity contribution is -0.644. The number of hydrogen-bond donors (Lipinski definition) is 0. The molecule has 1 aliphatic heterocycles. The fourth-order valence-corrected chi connectivity index (χ4v) is 3.06. The van der Waals surface area contributed by atoms with Crippen LogP contribution in [0.2, 0.25) is 0 Å². The predicted molar refractivity (Wildman–Crippen MR) is 84.1 cm³/mol. The quantitative estimate of drug-likeness (QED) is 0.668. The van der Waals surface area contributed by atoms with Gasteiger partial charge < -0.3 is 4.74 Å². The summed E-state index contributed by atoms with van der Waals surface area (Å²) >= 11 is 0. The molecule has 0 radical (unpaired) electrons. The molecular formula is C18H17N2O+. The first-order valence-electron chi connectivity index (χ1n) is 7.20. The van der Waals surface area contributed by atoms with Crippen LogP contribution < -0.4 is 14.2 Å². The first kappa shape index (κ1) is 12.2. The zero-order chi connectivity index (χ0) is 14.2. The molecule has 0 bridgehead atoms. The lowest BCUT2D eigenvalue weighted by Gasteiger charge is -2.11. The van der Waals surface area contributed by atoms with Crippen molar-refractivity contribution in [1.29, 1.82) is 0 Å². The maximum atomic E-state index is 5.24. The predicted octanol–water partition coefficient (Wildman–Crippen LogP) is 3.29. The molecule has 0 aliphatic carbocycles. The number of para-hydroxylation sites is 1. The van der Waals surface area contributed by atoms with Gasteiger partial charge in [-0.25, -0.2) is 9.47 Å². The van der Waals surface area contributed by atoms with E-state index in [0.29, 0.717) is 0 Å². The first-order valence-corrected chi connectivity index (χ1v) is 7.20. The van der Waals surface area contributed by atoms with E-state index in [-0.39, 0.29) is 0 Å². The Morgan fingerprint density at radius 3 is 2.57 bits per heavy atom. The average molecular weight is 277 g/mol. The van der Waals surface area contributed by atoms with E-state index in [2.05, 4.69) is 58.0 Å². The van der Waals surface area contributed by atoms with Crippen LogP contribution in [-0.4, -0.2) is 13.7 Å². The number of hydrogen-bond acceptors (Lipinski definition) is 2. The standard InChI is InChI=1S/C18H17N2O/c1-21-16-9-7-15(8-10-16)19-12-13-20-17-5-3-2-4-14(17)6-11-18(19)20/h2-11H,12-13H2,1H3/q+1. The number of rotatable bonds is 2. The minimum Gasteiger partial charge on any atom is -0.497 e. The molecular weight excluding hydrogens is 260 g/mol. The lowest BCUT2D eigenvalue weighted by atomic mass is 10.2. The molecule has 104 valence electrons. The van der Waals surface area contributed by atoms with Crippen LogP contribution >= 0.6 is 0 Å². The summed E-state index contributed by atoms with van der Waals surface area (Å²) in [6.45, 7) is 2.02. The molecule has 4 rings (SSSR count). The Bertz CT molecular complexity index is 796. The second-order valence-corrected chi connectivity index (χ2v) is 5.25. The molecule has 21 heavy (non-hydrogen) atoms. The number of anilines is 2. The molecule has 2 aromatic carbocycles. The second-order valence-electron chi connectivity index (χ2n) is 5.25. The number of pyridine rings is 1. The summed E-state index contributed by atoms with van der Waals surface area (Å²) in [5.41, 5.74) is 2.50. The summed E-state index contributed by atoms with van der Waals surface area (Å²) in [4.78, 5) is 2.35. The molecule has 0 amide bonds. The van der Waals surface area contributed by atoms with Crippen LogP contribution in [0.5, 0.6) is 5.75 Å². The van der Waals surface area contributed by atoms with Gasteiger partial charge >= 0.3 is 0 Å². The Kier molecular flexibility index (Phi) is 2.78. The second kappa shape index (κ2) is 4.77. The van der Waals surface area contributed by atoms with E-state index in [4.69, 9.17) is 4.74 Å². The van der Waals surface area contributed by atoms with Gasteiger partial charge in [0.15, 0.2) is 0 Å². The van der Waals surface area contributed by atoms with Gasteiger partial charge in [-0.3, -0.25) is 0 Å². The zero-order valence-electron chi connectivity index (χ0n) is 12.0. The zero-order valence-corrected chi connectivity index (χ0v) is 12.0. The minimum absolute atomic E-state index is 0.893. The van der Waals surface area contributed by atoms with E-state index in [1.807, 2.05) is 12.1 Å². The summed E-state index contributed by atoms with van der Waals surface area (Å²) in [7, 11) is 1.70. The Morgan fingerprint density at radius 2 is 1.76 bits per heavy atom. The topological polar surface area (TPSA) is 16.4 Å². The van der Waals surface area contributed by atoms with E-state index in [1.54, 1.807) is 7.11 Å². The number of fused-ring (bicyclic) bond motifs is 3. The summed E-state index contributed by atoms with van der Waals surface area (Å²) in [5.74, 6) is 2.14. The van der Waals surface area contributed by atoms with Gasteiger partial charge in [0, 0.05) is 11.5 Å². The van der Waals surface area contributed by atoms with E-state index in [9.17, 15) is 0 Å². The van der Waals surface area contributed by atoms with Gasteiger partial charge in [-0.15, -0.1) is 0 Å².